The van der Waals surface area contributed by atoms with Gasteiger partial charge < -0.3 is 5.32 Å². The van der Waals surface area contributed by atoms with Crippen LogP contribution in [0.2, 0.25) is 0 Å². The topological polar surface area (TPSA) is 24.4 Å². The van der Waals surface area contributed by atoms with E-state index in [0.717, 1.165) is 18.5 Å². The molecule has 1 fully saturated rings. The second-order valence-electron chi connectivity index (χ2n) is 3.45. The zero-order valence-corrected chi connectivity index (χ0v) is 7.66. The highest BCUT2D eigenvalue weighted by Crippen LogP contribution is 2.27. The number of nitrogens with one attached hydrogen (secondary N) is 1. The summed E-state index contributed by atoms with van der Waals surface area (Å²) < 4.78 is 0. The molecular weight excluding hydrogens is 156 g/mol. The molecule has 2 nitrogen and oxygen atoms in total. The van der Waals surface area contributed by atoms with Crippen LogP contribution in [0.1, 0.15) is 19.8 Å². The second-order valence-corrected chi connectivity index (χ2v) is 4.54. The second kappa shape index (κ2) is 3.05. The lowest BCUT2D eigenvalue weighted by Gasteiger charge is -2.33. The molecule has 1 aliphatic heterocycles. The van der Waals surface area contributed by atoms with Gasteiger partial charge in [-0.15, -0.1) is 0 Å². The molecule has 0 aromatic carbocycles. The molecule has 0 atom stereocenters. The van der Waals surface area contributed by atoms with Gasteiger partial charge in [-0.1, -0.05) is 18.7 Å². The third kappa shape index (κ3) is 1.70. The first-order valence-electron chi connectivity index (χ1n) is 4.28. The summed E-state index contributed by atoms with van der Waals surface area (Å²) in [5, 5.41) is 4.64. The van der Waals surface area contributed by atoms with Crippen LogP contribution in [0, 0.1) is 5.92 Å². The first-order valence-corrected chi connectivity index (χ1v) is 5.27. The number of nitrogens with zero attached hydrogens (tertiary/aromatic N) is 1. The zero-order valence-electron chi connectivity index (χ0n) is 6.84. The maximum absolute atomic E-state index is 4.35. The number of rotatable bonds is 1. The average molecular weight is 170 g/mol. The quantitative estimate of drug-likeness (QED) is 0.644. The van der Waals surface area contributed by atoms with Crippen LogP contribution in [0.15, 0.2) is 4.99 Å². The van der Waals surface area contributed by atoms with Gasteiger partial charge >= 0.3 is 0 Å². The number of aliphatic imine (C=N–C) groups is 1. The largest absolute Gasteiger partial charge is 0.362 e. The Morgan fingerprint density at radius 2 is 2.36 bits per heavy atom. The smallest absolute Gasteiger partial charge is 0.156 e. The molecule has 0 amide bonds. The Morgan fingerprint density at radius 1 is 1.55 bits per heavy atom. The molecule has 0 spiro atoms. The summed E-state index contributed by atoms with van der Waals surface area (Å²) in [5.41, 5.74) is 0. The van der Waals surface area contributed by atoms with E-state index in [1.165, 1.54) is 23.8 Å². The highest BCUT2D eigenvalue weighted by molar-refractivity contribution is 8.14. The van der Waals surface area contributed by atoms with Gasteiger partial charge in [-0.2, -0.15) is 0 Å². The van der Waals surface area contributed by atoms with Crippen LogP contribution in [-0.2, 0) is 0 Å². The van der Waals surface area contributed by atoms with Gasteiger partial charge in [0.25, 0.3) is 0 Å². The van der Waals surface area contributed by atoms with Crippen molar-refractivity contribution in [3.05, 3.63) is 0 Å². The van der Waals surface area contributed by atoms with Crippen molar-refractivity contribution in [2.24, 2.45) is 10.9 Å². The Balaban J connectivity index is 1.74. The van der Waals surface area contributed by atoms with Gasteiger partial charge in [0.1, 0.15) is 0 Å². The summed E-state index contributed by atoms with van der Waals surface area (Å²) in [6, 6.07) is 0.731. The van der Waals surface area contributed by atoms with E-state index in [1.54, 1.807) is 0 Å². The summed E-state index contributed by atoms with van der Waals surface area (Å²) in [6.07, 6.45) is 2.67. The maximum atomic E-state index is 4.35. The fraction of sp³-hybridized carbons (Fsp3) is 0.875. The minimum absolute atomic E-state index is 0.731. The van der Waals surface area contributed by atoms with Gasteiger partial charge in [0.15, 0.2) is 5.17 Å². The standard InChI is InChI=1S/C8H14N2S/c1-6-4-7(5-6)10-8-9-2-3-11-8/h6-7H,2-5H2,1H3,(H,9,10). The Labute approximate surface area is 71.9 Å². The molecule has 0 aromatic rings. The van der Waals surface area contributed by atoms with Crippen LogP contribution in [0.25, 0.3) is 0 Å². The van der Waals surface area contributed by atoms with Crippen LogP contribution < -0.4 is 5.32 Å². The molecular formula is C8H14N2S. The molecule has 62 valence electrons. The predicted molar refractivity (Wildman–Crippen MR) is 50.1 cm³/mol. The fourth-order valence-corrected chi connectivity index (χ4v) is 2.43. The zero-order chi connectivity index (χ0) is 7.68. The van der Waals surface area contributed by atoms with Gasteiger partial charge in [-0.3, -0.25) is 4.99 Å². The van der Waals surface area contributed by atoms with E-state index in [1.807, 2.05) is 11.8 Å². The monoisotopic (exact) mass is 170 g/mol. The third-order valence-electron chi connectivity index (χ3n) is 2.29. The van der Waals surface area contributed by atoms with Crippen molar-refractivity contribution >= 4 is 16.9 Å². The maximum Gasteiger partial charge on any atom is 0.156 e. The van der Waals surface area contributed by atoms with E-state index in [9.17, 15) is 0 Å². The minimum Gasteiger partial charge on any atom is -0.362 e. The van der Waals surface area contributed by atoms with E-state index in [-0.39, 0.29) is 0 Å². The van der Waals surface area contributed by atoms with E-state index in [0.29, 0.717) is 0 Å². The lowest BCUT2D eigenvalue weighted by molar-refractivity contribution is 0.269. The van der Waals surface area contributed by atoms with E-state index in [2.05, 4.69) is 17.2 Å². The summed E-state index contributed by atoms with van der Waals surface area (Å²) in [7, 11) is 0. The Bertz CT molecular complexity index is 173. The molecule has 3 heteroatoms. The van der Waals surface area contributed by atoms with Crippen molar-refractivity contribution in [2.75, 3.05) is 12.3 Å². The molecule has 2 aliphatic rings. The van der Waals surface area contributed by atoms with Gasteiger partial charge in [0.05, 0.1) is 6.54 Å². The summed E-state index contributed by atoms with van der Waals surface area (Å²) >= 11 is 1.86. The molecule has 0 bridgehead atoms. The van der Waals surface area contributed by atoms with Crippen molar-refractivity contribution in [2.45, 2.75) is 25.8 Å². The molecule has 0 saturated heterocycles. The SMILES string of the molecule is CC1CC(NC2=NCCS2)C1. The first-order chi connectivity index (χ1) is 5.34. The summed E-state index contributed by atoms with van der Waals surface area (Å²) in [6.45, 7) is 3.32. The lowest BCUT2D eigenvalue weighted by Crippen LogP contribution is -2.42. The van der Waals surface area contributed by atoms with Crippen LogP contribution in [0.4, 0.5) is 0 Å². The third-order valence-corrected chi connectivity index (χ3v) is 3.19. The minimum atomic E-state index is 0.731. The van der Waals surface area contributed by atoms with Gasteiger partial charge in [-0.25, -0.2) is 0 Å². The highest BCUT2D eigenvalue weighted by atomic mass is 32.2. The van der Waals surface area contributed by atoms with E-state index < -0.39 is 0 Å². The molecule has 1 saturated carbocycles. The van der Waals surface area contributed by atoms with Crippen LogP contribution in [0.5, 0.6) is 0 Å². The summed E-state index contributed by atoms with van der Waals surface area (Å²) in [5.74, 6) is 2.10. The Kier molecular flexibility index (Phi) is 2.07. The predicted octanol–water partition coefficient (Wildman–Crippen LogP) is 1.48. The molecule has 1 N–H and O–H groups in total. The van der Waals surface area contributed by atoms with Crippen molar-refractivity contribution in [1.29, 1.82) is 0 Å². The molecule has 1 aliphatic carbocycles. The number of hydrogen-bond donors (Lipinski definition) is 1. The first kappa shape index (κ1) is 7.47. The van der Waals surface area contributed by atoms with Crippen LogP contribution in [0.3, 0.4) is 0 Å². The summed E-state index contributed by atoms with van der Waals surface area (Å²) in [4.78, 5) is 4.35. The van der Waals surface area contributed by atoms with Crippen molar-refractivity contribution in [3.8, 4) is 0 Å². The van der Waals surface area contributed by atoms with E-state index in [4.69, 9.17) is 0 Å². The fourth-order valence-electron chi connectivity index (χ4n) is 1.62. The van der Waals surface area contributed by atoms with Gasteiger partial charge in [-0.05, 0) is 18.8 Å². The Hall–Kier alpha value is -0.180. The van der Waals surface area contributed by atoms with Crippen LogP contribution in [-0.4, -0.2) is 23.5 Å². The highest BCUT2D eigenvalue weighted by Gasteiger charge is 2.26. The molecule has 0 radical (unpaired) electrons. The molecule has 11 heavy (non-hydrogen) atoms. The molecule has 1 heterocycles. The lowest BCUT2D eigenvalue weighted by atomic mass is 9.82. The van der Waals surface area contributed by atoms with Gasteiger partial charge in [0, 0.05) is 11.8 Å². The molecule has 2 rings (SSSR count). The number of hydrogen-bond acceptors (Lipinski definition) is 3. The number of amidine groups is 1. The van der Waals surface area contributed by atoms with E-state index >= 15 is 0 Å². The van der Waals surface area contributed by atoms with Crippen molar-refractivity contribution < 1.29 is 0 Å². The molecule has 0 unspecified atom stereocenters. The Morgan fingerprint density at radius 3 is 2.91 bits per heavy atom. The van der Waals surface area contributed by atoms with Crippen molar-refractivity contribution in [1.82, 2.24) is 5.32 Å². The molecule has 0 aromatic heterocycles. The van der Waals surface area contributed by atoms with Crippen molar-refractivity contribution in [3.63, 3.8) is 0 Å². The average Bonchev–Trinajstić information content (AvgIpc) is 2.36. The normalized spacial score (nSPS) is 36.3. The van der Waals surface area contributed by atoms with Gasteiger partial charge in [0.2, 0.25) is 0 Å². The van der Waals surface area contributed by atoms with Crippen LogP contribution >= 0.6 is 11.8 Å². The number of thioether (sulfide) groups is 1.